The fourth-order valence-electron chi connectivity index (χ4n) is 7.47. The van der Waals surface area contributed by atoms with Gasteiger partial charge >= 0.3 is 0 Å². The molecular weight excluding hydrogens is 649 g/mol. The first-order valence-electron chi connectivity index (χ1n) is 16.5. The van der Waals surface area contributed by atoms with E-state index < -0.39 is 0 Å². The third kappa shape index (κ3) is 4.47. The molecule has 0 atom stereocenters. The van der Waals surface area contributed by atoms with Crippen molar-refractivity contribution in [3.05, 3.63) is 157 Å². The molecule has 0 aliphatic heterocycles. The monoisotopic (exact) mass is 674 g/mol. The highest BCUT2D eigenvalue weighted by Crippen LogP contribution is 2.46. The van der Waals surface area contributed by atoms with Gasteiger partial charge in [0.25, 0.3) is 0 Å². The SMILES string of the molecule is c1ccc2cc3c(cc2c1)sc1c2cc4cc(-c5ccc6cc(-c7ccc(-c8ccc9sccc9c8)cc7)ccc6c5)ccc4cc2sc31. The summed E-state index contributed by atoms with van der Waals surface area (Å²) in [5.74, 6) is 0. The Bertz CT molecular complexity index is 3100. The summed E-state index contributed by atoms with van der Waals surface area (Å²) in [5.41, 5.74) is 7.49. The summed E-state index contributed by atoms with van der Waals surface area (Å²) in [5, 5.41) is 14.0. The highest BCUT2D eigenvalue weighted by atomic mass is 32.1. The molecule has 11 rings (SSSR count). The lowest BCUT2D eigenvalue weighted by Crippen LogP contribution is -1.83. The first-order valence-corrected chi connectivity index (χ1v) is 19.1. The Morgan fingerprint density at radius 3 is 1.33 bits per heavy atom. The van der Waals surface area contributed by atoms with Gasteiger partial charge in [0.1, 0.15) is 0 Å². The molecule has 49 heavy (non-hydrogen) atoms. The van der Waals surface area contributed by atoms with Crippen LogP contribution in [-0.4, -0.2) is 0 Å². The lowest BCUT2D eigenvalue weighted by atomic mass is 9.95. The molecule has 0 amide bonds. The zero-order valence-electron chi connectivity index (χ0n) is 26.2. The third-order valence-electron chi connectivity index (χ3n) is 10.1. The highest BCUT2D eigenvalue weighted by molar-refractivity contribution is 7.36. The van der Waals surface area contributed by atoms with Gasteiger partial charge in [-0.05, 0) is 137 Å². The summed E-state index contributed by atoms with van der Waals surface area (Å²) in [6, 6.07) is 56.8. The van der Waals surface area contributed by atoms with Crippen molar-refractivity contribution in [2.45, 2.75) is 0 Å². The van der Waals surface area contributed by atoms with Gasteiger partial charge in [-0.2, -0.15) is 0 Å². The zero-order valence-corrected chi connectivity index (χ0v) is 28.7. The lowest BCUT2D eigenvalue weighted by molar-refractivity contribution is 1.62. The molecule has 11 aromatic rings. The van der Waals surface area contributed by atoms with Crippen LogP contribution in [0.3, 0.4) is 0 Å². The van der Waals surface area contributed by atoms with Crippen LogP contribution in [0, 0.1) is 0 Å². The molecule has 0 bridgehead atoms. The van der Waals surface area contributed by atoms with Crippen LogP contribution in [0.4, 0.5) is 0 Å². The molecule has 0 nitrogen and oxygen atoms in total. The Morgan fingerprint density at radius 1 is 0.286 bits per heavy atom. The number of hydrogen-bond acceptors (Lipinski definition) is 3. The average molecular weight is 675 g/mol. The van der Waals surface area contributed by atoms with Crippen LogP contribution >= 0.6 is 34.0 Å². The minimum atomic E-state index is 1.24. The smallest absolute Gasteiger partial charge is 0.0542 e. The van der Waals surface area contributed by atoms with Gasteiger partial charge in [-0.15, -0.1) is 34.0 Å². The van der Waals surface area contributed by atoms with Gasteiger partial charge in [-0.3, -0.25) is 0 Å². The van der Waals surface area contributed by atoms with Crippen LogP contribution in [0.2, 0.25) is 0 Å². The molecule has 8 aromatic carbocycles. The van der Waals surface area contributed by atoms with E-state index in [-0.39, 0.29) is 0 Å². The van der Waals surface area contributed by atoms with Gasteiger partial charge in [0.15, 0.2) is 0 Å². The topological polar surface area (TPSA) is 0 Å². The summed E-state index contributed by atoms with van der Waals surface area (Å²) in [4.78, 5) is 0. The molecule has 0 fully saturated rings. The Kier molecular flexibility index (Phi) is 5.97. The van der Waals surface area contributed by atoms with E-state index in [0.717, 1.165) is 0 Å². The normalized spacial score (nSPS) is 12.1. The van der Waals surface area contributed by atoms with Crippen LogP contribution in [0.15, 0.2) is 157 Å². The fraction of sp³-hybridized carbons (Fsp3) is 0. The summed E-state index contributed by atoms with van der Waals surface area (Å²) < 4.78 is 6.90. The van der Waals surface area contributed by atoms with E-state index in [4.69, 9.17) is 0 Å². The molecule has 3 heterocycles. The minimum absolute atomic E-state index is 1.24. The molecule has 0 N–H and O–H groups in total. The van der Waals surface area contributed by atoms with Gasteiger partial charge < -0.3 is 0 Å². The Labute approximate surface area is 294 Å². The van der Waals surface area contributed by atoms with Crippen LogP contribution in [0.5, 0.6) is 0 Å². The van der Waals surface area contributed by atoms with Crippen molar-refractivity contribution >= 4 is 106 Å². The van der Waals surface area contributed by atoms with Gasteiger partial charge in [0.05, 0.1) is 9.40 Å². The zero-order chi connectivity index (χ0) is 32.1. The van der Waals surface area contributed by atoms with Crippen molar-refractivity contribution < 1.29 is 0 Å². The standard InChI is InChI=1S/C46H26S3/c1-2-4-30-25-43-40(23-29(30)3-1)45-46(48-43)41-24-39-22-36(13-14-37(39)26-44(41)49-45)35-12-11-33-19-31(9-10-34(33)20-35)27-5-7-28(8-6-27)32-15-16-42-38(21-32)17-18-47-42/h1-26H. The van der Waals surface area contributed by atoms with Gasteiger partial charge in [0.2, 0.25) is 0 Å². The Hall–Kier alpha value is -5.32. The molecule has 0 radical (unpaired) electrons. The molecule has 0 aliphatic carbocycles. The van der Waals surface area contributed by atoms with E-state index >= 15 is 0 Å². The molecular formula is C46H26S3. The predicted octanol–water partition coefficient (Wildman–Crippen LogP) is 14.9. The summed E-state index contributed by atoms with van der Waals surface area (Å²) >= 11 is 5.66. The van der Waals surface area contributed by atoms with Crippen LogP contribution in [-0.2, 0) is 0 Å². The first-order chi connectivity index (χ1) is 24.2. The molecule has 0 spiro atoms. The second-order valence-electron chi connectivity index (χ2n) is 13.0. The minimum Gasteiger partial charge on any atom is -0.144 e. The molecule has 0 unspecified atom stereocenters. The van der Waals surface area contributed by atoms with E-state index in [2.05, 4.69) is 157 Å². The van der Waals surface area contributed by atoms with Crippen LogP contribution < -0.4 is 0 Å². The lowest BCUT2D eigenvalue weighted by Gasteiger charge is -2.09. The van der Waals surface area contributed by atoms with Gasteiger partial charge in [-0.25, -0.2) is 0 Å². The highest BCUT2D eigenvalue weighted by Gasteiger charge is 2.14. The number of thiophene rings is 3. The summed E-state index contributed by atoms with van der Waals surface area (Å²) in [6.45, 7) is 0. The van der Waals surface area contributed by atoms with Crippen molar-refractivity contribution in [3.63, 3.8) is 0 Å². The molecule has 0 aliphatic rings. The predicted molar refractivity (Wildman–Crippen MR) is 219 cm³/mol. The number of fused-ring (bicyclic) bond motifs is 9. The maximum atomic E-state index is 2.42. The second-order valence-corrected chi connectivity index (χ2v) is 16.0. The van der Waals surface area contributed by atoms with E-state index in [1.54, 1.807) is 11.3 Å². The first kappa shape index (κ1) is 27.6. The number of rotatable bonds is 3. The van der Waals surface area contributed by atoms with Crippen molar-refractivity contribution in [2.24, 2.45) is 0 Å². The summed E-state index contributed by atoms with van der Waals surface area (Å²) in [7, 11) is 0. The average Bonchev–Trinajstić information content (AvgIpc) is 3.86. The molecule has 0 saturated carbocycles. The van der Waals surface area contributed by atoms with E-state index in [1.807, 2.05) is 22.7 Å². The van der Waals surface area contributed by atoms with E-state index in [9.17, 15) is 0 Å². The van der Waals surface area contributed by atoms with Crippen molar-refractivity contribution in [1.29, 1.82) is 0 Å². The second kappa shape index (κ2) is 10.6. The molecule has 0 saturated heterocycles. The molecule has 3 heteroatoms. The van der Waals surface area contributed by atoms with Crippen LogP contribution in [0.1, 0.15) is 0 Å². The van der Waals surface area contributed by atoms with Crippen molar-refractivity contribution in [2.75, 3.05) is 0 Å². The largest absolute Gasteiger partial charge is 0.144 e. The quantitative estimate of drug-likeness (QED) is 0.175. The summed E-state index contributed by atoms with van der Waals surface area (Å²) in [6.07, 6.45) is 0. The number of hydrogen-bond donors (Lipinski definition) is 0. The van der Waals surface area contributed by atoms with E-state index in [1.165, 1.54) is 105 Å². The van der Waals surface area contributed by atoms with E-state index in [0.29, 0.717) is 0 Å². The number of benzene rings is 8. The molecule has 3 aromatic heterocycles. The molecule has 228 valence electrons. The Morgan fingerprint density at radius 2 is 0.714 bits per heavy atom. The maximum absolute atomic E-state index is 2.42. The van der Waals surface area contributed by atoms with Crippen LogP contribution in [0.25, 0.3) is 105 Å². The van der Waals surface area contributed by atoms with Crippen molar-refractivity contribution in [1.82, 2.24) is 0 Å². The maximum Gasteiger partial charge on any atom is 0.0542 e. The van der Waals surface area contributed by atoms with Gasteiger partial charge in [-0.1, -0.05) is 91.0 Å². The van der Waals surface area contributed by atoms with Crippen molar-refractivity contribution in [3.8, 4) is 33.4 Å². The van der Waals surface area contributed by atoms with Gasteiger partial charge in [0, 0.05) is 24.9 Å². The fourth-order valence-corrected chi connectivity index (χ4v) is 10.9. The third-order valence-corrected chi connectivity index (χ3v) is 13.5. The Balaban J connectivity index is 0.931.